The van der Waals surface area contributed by atoms with E-state index in [0.717, 1.165) is 6.42 Å². The summed E-state index contributed by atoms with van der Waals surface area (Å²) in [6.07, 6.45) is 2.04. The zero-order valence-electron chi connectivity index (χ0n) is 9.28. The summed E-state index contributed by atoms with van der Waals surface area (Å²) in [7, 11) is 0. The average Bonchev–Trinajstić information content (AvgIpc) is 2.24. The van der Waals surface area contributed by atoms with E-state index in [2.05, 4.69) is 12.6 Å². The van der Waals surface area contributed by atoms with E-state index in [9.17, 15) is 14.7 Å². The summed E-state index contributed by atoms with van der Waals surface area (Å²) in [6, 6.07) is 1.38. The van der Waals surface area contributed by atoms with Gasteiger partial charge in [-0.05, 0) is 19.4 Å². The summed E-state index contributed by atoms with van der Waals surface area (Å²) in [4.78, 5) is 22.6. The molecule has 0 saturated carbocycles. The van der Waals surface area contributed by atoms with Crippen LogP contribution in [0.2, 0.25) is 0 Å². The van der Waals surface area contributed by atoms with Gasteiger partial charge in [0, 0.05) is 16.0 Å². The Morgan fingerprint density at radius 2 is 2.19 bits per heavy atom. The van der Waals surface area contributed by atoms with Crippen molar-refractivity contribution in [2.45, 2.75) is 31.6 Å². The highest BCUT2D eigenvalue weighted by Gasteiger charge is 2.17. The van der Waals surface area contributed by atoms with Crippen LogP contribution in [-0.2, 0) is 6.42 Å². The first-order valence-electron chi connectivity index (χ1n) is 5.06. The van der Waals surface area contributed by atoms with Crippen LogP contribution in [0.25, 0.3) is 0 Å². The second-order valence-corrected chi connectivity index (χ2v) is 4.06. The molecule has 16 heavy (non-hydrogen) atoms. The van der Waals surface area contributed by atoms with Crippen LogP contribution in [0.4, 0.5) is 0 Å². The number of carbonyl (C=O) groups is 2. The number of hydrogen-bond donors (Lipinski definition) is 2. The minimum Gasteiger partial charge on any atom is -0.507 e. The normalized spacial score (nSPS) is 10.2. The second kappa shape index (κ2) is 5.16. The third-order valence-electron chi connectivity index (χ3n) is 2.41. The van der Waals surface area contributed by atoms with Crippen molar-refractivity contribution >= 4 is 24.7 Å². The van der Waals surface area contributed by atoms with E-state index in [-0.39, 0.29) is 17.1 Å². The number of phenolic OH excluding ortho intramolecular Hbond substituents is 1. The van der Waals surface area contributed by atoms with Gasteiger partial charge in [0.25, 0.3) is 0 Å². The number of carbonyl (C=O) groups excluding carboxylic acids is 2. The highest BCUT2D eigenvalue weighted by Crippen LogP contribution is 2.32. The summed E-state index contributed by atoms with van der Waals surface area (Å²) in [5.74, 6) is -0.309. The molecule has 1 aromatic carbocycles. The second-order valence-electron chi connectivity index (χ2n) is 3.61. The fourth-order valence-corrected chi connectivity index (χ4v) is 1.92. The van der Waals surface area contributed by atoms with E-state index in [1.165, 1.54) is 13.0 Å². The number of rotatable bonds is 4. The van der Waals surface area contributed by atoms with Gasteiger partial charge >= 0.3 is 0 Å². The fraction of sp³-hybridized carbons (Fsp3) is 0.333. The Morgan fingerprint density at radius 1 is 1.56 bits per heavy atom. The topological polar surface area (TPSA) is 54.4 Å². The van der Waals surface area contributed by atoms with Crippen LogP contribution in [0, 0.1) is 0 Å². The van der Waals surface area contributed by atoms with Crippen molar-refractivity contribution in [1.82, 2.24) is 0 Å². The third kappa shape index (κ3) is 2.27. The molecule has 86 valence electrons. The number of aldehydes is 1. The number of benzene rings is 1. The molecule has 0 amide bonds. The highest BCUT2D eigenvalue weighted by atomic mass is 32.1. The molecule has 0 radical (unpaired) electrons. The minimum absolute atomic E-state index is 0.0510. The van der Waals surface area contributed by atoms with E-state index in [1.54, 1.807) is 0 Å². The smallest absolute Gasteiger partial charge is 0.163 e. The zero-order chi connectivity index (χ0) is 12.3. The lowest BCUT2D eigenvalue weighted by molar-refractivity contribution is 0.101. The summed E-state index contributed by atoms with van der Waals surface area (Å²) < 4.78 is 0. The van der Waals surface area contributed by atoms with E-state index < -0.39 is 0 Å². The van der Waals surface area contributed by atoms with Gasteiger partial charge in [0.15, 0.2) is 12.1 Å². The molecule has 0 aliphatic heterocycles. The molecule has 0 aromatic heterocycles. The maximum atomic E-state index is 11.3. The van der Waals surface area contributed by atoms with Crippen molar-refractivity contribution in [3.05, 3.63) is 22.8 Å². The van der Waals surface area contributed by atoms with E-state index in [1.807, 2.05) is 6.92 Å². The molecule has 4 heteroatoms. The number of aromatic hydroxyl groups is 1. The Bertz CT molecular complexity index is 438. The van der Waals surface area contributed by atoms with Gasteiger partial charge in [-0.15, -0.1) is 12.6 Å². The van der Waals surface area contributed by atoms with Crippen molar-refractivity contribution in [1.29, 1.82) is 0 Å². The van der Waals surface area contributed by atoms with Gasteiger partial charge in [0.1, 0.15) is 5.75 Å². The van der Waals surface area contributed by atoms with Crippen molar-refractivity contribution in [3.63, 3.8) is 0 Å². The predicted octanol–water partition coefficient (Wildman–Crippen LogP) is 2.65. The highest BCUT2D eigenvalue weighted by molar-refractivity contribution is 7.80. The molecule has 0 atom stereocenters. The lowest BCUT2D eigenvalue weighted by atomic mass is 9.99. The lowest BCUT2D eigenvalue weighted by Crippen LogP contribution is -2.01. The van der Waals surface area contributed by atoms with E-state index in [4.69, 9.17) is 0 Å². The van der Waals surface area contributed by atoms with Gasteiger partial charge in [0.2, 0.25) is 0 Å². The molecule has 0 bridgehead atoms. The summed E-state index contributed by atoms with van der Waals surface area (Å²) >= 11 is 4.21. The largest absolute Gasteiger partial charge is 0.507 e. The minimum atomic E-state index is -0.258. The predicted molar refractivity (Wildman–Crippen MR) is 64.7 cm³/mol. The first-order valence-corrected chi connectivity index (χ1v) is 5.51. The first-order chi connectivity index (χ1) is 7.52. The molecule has 0 heterocycles. The van der Waals surface area contributed by atoms with Crippen LogP contribution < -0.4 is 0 Å². The molecule has 0 fully saturated rings. The molecule has 0 saturated heterocycles. The van der Waals surface area contributed by atoms with Crippen molar-refractivity contribution in [2.75, 3.05) is 0 Å². The Balaban J connectivity index is 3.50. The standard InChI is InChI=1S/C12H14O3S/c1-3-4-9-11(15)10(7(2)14)5-8(6-13)12(9)16/h5-6,15-16H,3-4H2,1-2H3. The molecule has 1 rings (SSSR count). The SMILES string of the molecule is CCCc1c(O)c(C(C)=O)cc(C=O)c1S. The average molecular weight is 238 g/mol. The Hall–Kier alpha value is -1.29. The monoisotopic (exact) mass is 238 g/mol. The van der Waals surface area contributed by atoms with Gasteiger partial charge in [-0.25, -0.2) is 0 Å². The molecule has 1 aromatic rings. The zero-order valence-corrected chi connectivity index (χ0v) is 10.2. The van der Waals surface area contributed by atoms with Gasteiger partial charge in [-0.1, -0.05) is 13.3 Å². The lowest BCUT2D eigenvalue weighted by Gasteiger charge is -2.12. The Labute approximate surface area is 99.9 Å². The van der Waals surface area contributed by atoms with Gasteiger partial charge in [-0.2, -0.15) is 0 Å². The molecule has 3 nitrogen and oxygen atoms in total. The van der Waals surface area contributed by atoms with Crippen molar-refractivity contribution < 1.29 is 14.7 Å². The molecular weight excluding hydrogens is 224 g/mol. The van der Waals surface area contributed by atoms with Crippen LogP contribution >= 0.6 is 12.6 Å². The van der Waals surface area contributed by atoms with Gasteiger partial charge in [-0.3, -0.25) is 9.59 Å². The maximum absolute atomic E-state index is 11.3. The van der Waals surface area contributed by atoms with Crippen molar-refractivity contribution in [3.8, 4) is 5.75 Å². The van der Waals surface area contributed by atoms with Crippen LogP contribution in [0.5, 0.6) is 5.75 Å². The van der Waals surface area contributed by atoms with Crippen LogP contribution in [-0.4, -0.2) is 17.2 Å². The van der Waals surface area contributed by atoms with Crippen LogP contribution in [0.15, 0.2) is 11.0 Å². The van der Waals surface area contributed by atoms with Gasteiger partial charge < -0.3 is 5.11 Å². The summed E-state index contributed by atoms with van der Waals surface area (Å²) in [6.45, 7) is 3.31. The molecule has 0 aliphatic rings. The Morgan fingerprint density at radius 3 is 2.62 bits per heavy atom. The number of ketones is 1. The third-order valence-corrected chi connectivity index (χ3v) is 2.93. The molecule has 0 aliphatic carbocycles. The van der Waals surface area contributed by atoms with Gasteiger partial charge in [0.05, 0.1) is 5.56 Å². The quantitative estimate of drug-likeness (QED) is 0.481. The number of phenols is 1. The fourth-order valence-electron chi connectivity index (χ4n) is 1.59. The molecule has 0 unspecified atom stereocenters. The van der Waals surface area contributed by atoms with Crippen LogP contribution in [0.1, 0.15) is 46.5 Å². The van der Waals surface area contributed by atoms with Crippen LogP contribution in [0.3, 0.4) is 0 Å². The first kappa shape index (κ1) is 12.8. The number of Topliss-reactive ketones (excluding diaryl/α,β-unsaturated/α-hetero) is 1. The molecule has 0 spiro atoms. The molecular formula is C12H14O3S. The van der Waals surface area contributed by atoms with Crippen molar-refractivity contribution in [2.24, 2.45) is 0 Å². The number of hydrogen-bond acceptors (Lipinski definition) is 4. The summed E-state index contributed by atoms with van der Waals surface area (Å²) in [5.41, 5.74) is 1.10. The molecule has 1 N–H and O–H groups in total. The van der Waals surface area contributed by atoms with E-state index >= 15 is 0 Å². The van der Waals surface area contributed by atoms with E-state index in [0.29, 0.717) is 28.7 Å². The number of thiol groups is 1. The Kier molecular flexibility index (Phi) is 4.12. The maximum Gasteiger partial charge on any atom is 0.163 e. The summed E-state index contributed by atoms with van der Waals surface area (Å²) in [5, 5.41) is 9.91.